The minimum atomic E-state index is -0.661. The number of guanidine groups is 1. The number of ether oxygens (including phenoxy) is 2. The third-order valence-electron chi connectivity index (χ3n) is 5.18. The van der Waals surface area contributed by atoms with Gasteiger partial charge in [-0.1, -0.05) is 0 Å². The van der Waals surface area contributed by atoms with Gasteiger partial charge in [-0.3, -0.25) is 14.7 Å². The summed E-state index contributed by atoms with van der Waals surface area (Å²) in [5.74, 6) is 2.20. The molecular weight excluding hydrogens is 497 g/mol. The maximum atomic E-state index is 11.6. The highest BCUT2D eigenvalue weighted by Crippen LogP contribution is 2.25. The summed E-state index contributed by atoms with van der Waals surface area (Å²) in [7, 11) is 3.36. The van der Waals surface area contributed by atoms with Crippen LogP contribution in [0.25, 0.3) is 0 Å². The first-order valence-electron chi connectivity index (χ1n) is 10.1. The summed E-state index contributed by atoms with van der Waals surface area (Å²) < 4.78 is 10.9. The number of nitrogens with two attached hydrogens (primary N) is 1. The van der Waals surface area contributed by atoms with Crippen molar-refractivity contribution in [1.82, 2.24) is 15.1 Å². The predicted octanol–water partition coefficient (Wildman–Crippen LogP) is 1.92. The van der Waals surface area contributed by atoms with E-state index in [0.717, 1.165) is 62.3 Å². The van der Waals surface area contributed by atoms with Crippen molar-refractivity contribution < 1.29 is 14.3 Å². The molecule has 9 heteroatoms. The van der Waals surface area contributed by atoms with E-state index in [1.165, 1.54) is 0 Å². The van der Waals surface area contributed by atoms with Gasteiger partial charge in [0.1, 0.15) is 11.5 Å². The second-order valence-electron chi connectivity index (χ2n) is 7.86. The number of amides is 1. The molecule has 1 saturated heterocycles. The van der Waals surface area contributed by atoms with E-state index in [4.69, 9.17) is 15.2 Å². The number of aliphatic imine (C=N–C) groups is 1. The molecule has 0 aliphatic carbocycles. The number of nitrogens with zero attached hydrogens (tertiary/aromatic N) is 3. The Labute approximate surface area is 197 Å². The van der Waals surface area contributed by atoms with Crippen LogP contribution in [-0.2, 0) is 11.3 Å². The van der Waals surface area contributed by atoms with Crippen molar-refractivity contribution in [1.29, 1.82) is 0 Å². The number of hydrogen-bond acceptors (Lipinski definition) is 5. The van der Waals surface area contributed by atoms with Crippen LogP contribution < -0.4 is 20.5 Å². The van der Waals surface area contributed by atoms with Crippen LogP contribution in [0, 0.1) is 5.41 Å². The SMILES string of the molecule is CCNC(=NCC(C)(C)C(N)=O)N1CCN(Cc2cc(OC)ccc2OC)CC1.I. The van der Waals surface area contributed by atoms with Gasteiger partial charge < -0.3 is 25.4 Å². The lowest BCUT2D eigenvalue weighted by atomic mass is 9.93. The summed E-state index contributed by atoms with van der Waals surface area (Å²) in [6.07, 6.45) is 0. The maximum absolute atomic E-state index is 11.6. The molecule has 0 bridgehead atoms. The van der Waals surface area contributed by atoms with Crippen molar-refractivity contribution in [3.05, 3.63) is 23.8 Å². The number of carbonyl (C=O) groups excluding carboxylic acids is 1. The standard InChI is InChI=1S/C21H35N5O3.HI/c1-6-23-20(24-15-21(2,3)19(22)27)26-11-9-25(10-12-26)14-16-13-17(28-4)7-8-18(16)29-5;/h7-8,13H,6,9-12,14-15H2,1-5H3,(H2,22,27)(H,23,24);1H. The van der Waals surface area contributed by atoms with Gasteiger partial charge in [0.2, 0.25) is 5.91 Å². The summed E-state index contributed by atoms with van der Waals surface area (Å²) >= 11 is 0. The first-order valence-corrected chi connectivity index (χ1v) is 10.1. The third-order valence-corrected chi connectivity index (χ3v) is 5.18. The van der Waals surface area contributed by atoms with E-state index in [1.807, 2.05) is 39.0 Å². The van der Waals surface area contributed by atoms with Crippen molar-refractivity contribution in [3.63, 3.8) is 0 Å². The fourth-order valence-electron chi connectivity index (χ4n) is 3.14. The Morgan fingerprint density at radius 1 is 1.20 bits per heavy atom. The Balaban J connectivity index is 0.00000450. The van der Waals surface area contributed by atoms with E-state index in [1.54, 1.807) is 14.2 Å². The number of rotatable bonds is 8. The van der Waals surface area contributed by atoms with Crippen molar-refractivity contribution >= 4 is 35.8 Å². The van der Waals surface area contributed by atoms with Crippen LogP contribution in [-0.4, -0.2) is 75.2 Å². The minimum Gasteiger partial charge on any atom is -0.497 e. The highest BCUT2D eigenvalue weighted by atomic mass is 127. The van der Waals surface area contributed by atoms with Crippen LogP contribution in [0.4, 0.5) is 0 Å². The molecule has 1 aromatic rings. The molecule has 1 amide bonds. The Morgan fingerprint density at radius 2 is 1.87 bits per heavy atom. The number of halogens is 1. The second-order valence-corrected chi connectivity index (χ2v) is 7.86. The topological polar surface area (TPSA) is 92.4 Å². The van der Waals surface area contributed by atoms with Crippen molar-refractivity contribution in [2.45, 2.75) is 27.3 Å². The molecule has 3 N–H and O–H groups in total. The molecule has 0 radical (unpaired) electrons. The van der Waals surface area contributed by atoms with E-state index in [-0.39, 0.29) is 29.9 Å². The first kappa shape index (κ1) is 26.3. The molecule has 1 aliphatic heterocycles. The average molecular weight is 533 g/mol. The smallest absolute Gasteiger partial charge is 0.224 e. The van der Waals surface area contributed by atoms with Gasteiger partial charge in [0.05, 0.1) is 26.2 Å². The normalized spacial score (nSPS) is 15.4. The lowest BCUT2D eigenvalue weighted by molar-refractivity contribution is -0.125. The molecule has 2 rings (SSSR count). The van der Waals surface area contributed by atoms with Crippen molar-refractivity contribution in [2.24, 2.45) is 16.1 Å². The summed E-state index contributed by atoms with van der Waals surface area (Å²) in [6.45, 7) is 11.2. The van der Waals surface area contributed by atoms with E-state index in [9.17, 15) is 4.79 Å². The van der Waals surface area contributed by atoms with Crippen LogP contribution in [0.1, 0.15) is 26.3 Å². The number of primary amides is 1. The molecule has 0 aromatic heterocycles. The first-order chi connectivity index (χ1) is 13.8. The highest BCUT2D eigenvalue weighted by Gasteiger charge is 2.26. The lowest BCUT2D eigenvalue weighted by Gasteiger charge is -2.37. The number of nitrogens with one attached hydrogen (secondary N) is 1. The van der Waals surface area contributed by atoms with Gasteiger partial charge in [0.15, 0.2) is 5.96 Å². The monoisotopic (exact) mass is 533 g/mol. The number of carbonyl (C=O) groups is 1. The van der Waals surface area contributed by atoms with Crippen LogP contribution >= 0.6 is 24.0 Å². The van der Waals surface area contributed by atoms with E-state index in [0.29, 0.717) is 6.54 Å². The number of benzene rings is 1. The van der Waals surface area contributed by atoms with Gasteiger partial charge in [-0.05, 0) is 39.0 Å². The molecule has 0 atom stereocenters. The van der Waals surface area contributed by atoms with Gasteiger partial charge in [0, 0.05) is 44.8 Å². The minimum absolute atomic E-state index is 0. The molecule has 1 aliphatic rings. The lowest BCUT2D eigenvalue weighted by Crippen LogP contribution is -2.52. The number of methoxy groups -OCH3 is 2. The highest BCUT2D eigenvalue weighted by molar-refractivity contribution is 14.0. The van der Waals surface area contributed by atoms with Gasteiger partial charge in [-0.2, -0.15) is 0 Å². The van der Waals surface area contributed by atoms with E-state index >= 15 is 0 Å². The van der Waals surface area contributed by atoms with Gasteiger partial charge in [-0.25, -0.2) is 0 Å². The molecule has 1 aromatic carbocycles. The van der Waals surface area contributed by atoms with E-state index < -0.39 is 5.41 Å². The van der Waals surface area contributed by atoms with Crippen LogP contribution in [0.3, 0.4) is 0 Å². The Morgan fingerprint density at radius 3 is 2.40 bits per heavy atom. The zero-order valence-electron chi connectivity index (χ0n) is 18.7. The van der Waals surface area contributed by atoms with Gasteiger partial charge >= 0.3 is 0 Å². The third kappa shape index (κ3) is 7.19. The fraction of sp³-hybridized carbons (Fsp3) is 0.619. The summed E-state index contributed by atoms with van der Waals surface area (Å²) in [5, 5.41) is 3.33. The van der Waals surface area contributed by atoms with Crippen LogP contribution in [0.5, 0.6) is 11.5 Å². The second kappa shape index (κ2) is 12.2. The largest absolute Gasteiger partial charge is 0.497 e. The fourth-order valence-corrected chi connectivity index (χ4v) is 3.14. The quantitative estimate of drug-likeness (QED) is 0.302. The van der Waals surface area contributed by atoms with Gasteiger partial charge in [0.25, 0.3) is 0 Å². The maximum Gasteiger partial charge on any atom is 0.224 e. The molecule has 0 spiro atoms. The molecular formula is C21H36IN5O3. The molecule has 1 heterocycles. The zero-order valence-corrected chi connectivity index (χ0v) is 21.1. The Kier molecular flexibility index (Phi) is 10.7. The summed E-state index contributed by atoms with van der Waals surface area (Å²) in [6, 6.07) is 5.89. The molecule has 170 valence electrons. The zero-order chi connectivity index (χ0) is 21.4. The van der Waals surface area contributed by atoms with Crippen LogP contribution in [0.2, 0.25) is 0 Å². The van der Waals surface area contributed by atoms with Crippen molar-refractivity contribution in [3.8, 4) is 11.5 Å². The molecule has 30 heavy (non-hydrogen) atoms. The number of hydrogen-bond donors (Lipinski definition) is 2. The summed E-state index contributed by atoms with van der Waals surface area (Å²) in [4.78, 5) is 20.9. The van der Waals surface area contributed by atoms with E-state index in [2.05, 4.69) is 20.1 Å². The molecule has 0 unspecified atom stereocenters. The Bertz CT molecular complexity index is 719. The average Bonchev–Trinajstić information content (AvgIpc) is 2.71. The predicted molar refractivity (Wildman–Crippen MR) is 131 cm³/mol. The summed E-state index contributed by atoms with van der Waals surface area (Å²) in [5.41, 5.74) is 5.93. The Hall–Kier alpha value is -1.75. The molecule has 8 nitrogen and oxygen atoms in total. The molecule has 1 fully saturated rings. The molecule has 0 saturated carbocycles. The number of piperazine rings is 1. The van der Waals surface area contributed by atoms with Crippen LogP contribution in [0.15, 0.2) is 23.2 Å². The van der Waals surface area contributed by atoms with Crippen molar-refractivity contribution in [2.75, 3.05) is 53.5 Å². The van der Waals surface area contributed by atoms with Gasteiger partial charge in [-0.15, -0.1) is 24.0 Å².